The van der Waals surface area contributed by atoms with Crippen molar-refractivity contribution in [3.05, 3.63) is 65.7 Å². The molecule has 1 heterocycles. The lowest BCUT2D eigenvalue weighted by atomic mass is 10.1. The zero-order chi connectivity index (χ0) is 23.5. The van der Waals surface area contributed by atoms with Crippen LogP contribution in [-0.4, -0.2) is 49.8 Å². The van der Waals surface area contributed by atoms with Crippen molar-refractivity contribution in [3.63, 3.8) is 0 Å². The van der Waals surface area contributed by atoms with Crippen LogP contribution >= 0.6 is 0 Å². The molecule has 3 N–H and O–H groups in total. The number of amides is 3. The van der Waals surface area contributed by atoms with Gasteiger partial charge in [-0.05, 0) is 55.2 Å². The monoisotopic (exact) mass is 452 g/mol. The van der Waals surface area contributed by atoms with Gasteiger partial charge in [0.1, 0.15) is 5.75 Å². The SMILES string of the molecule is C[C@@H](NC(=O)C(=O)N/N=C\c1ccc(OCC(=O)NC[C@@H]2CCCO2)cc1)c1ccccc1. The molecule has 0 aromatic heterocycles. The largest absolute Gasteiger partial charge is 0.484 e. The summed E-state index contributed by atoms with van der Waals surface area (Å²) in [7, 11) is 0. The predicted molar refractivity (Wildman–Crippen MR) is 123 cm³/mol. The Morgan fingerprint density at radius 3 is 2.58 bits per heavy atom. The van der Waals surface area contributed by atoms with Crippen molar-refractivity contribution in [1.29, 1.82) is 0 Å². The molecule has 2 aromatic rings. The lowest BCUT2D eigenvalue weighted by molar-refractivity contribution is -0.139. The van der Waals surface area contributed by atoms with Crippen LogP contribution in [0.5, 0.6) is 5.75 Å². The van der Waals surface area contributed by atoms with Crippen molar-refractivity contribution in [3.8, 4) is 5.75 Å². The number of hydrogen-bond acceptors (Lipinski definition) is 6. The molecular formula is C24H28N4O5. The maximum Gasteiger partial charge on any atom is 0.329 e. The van der Waals surface area contributed by atoms with Crippen molar-refractivity contribution >= 4 is 23.9 Å². The molecule has 9 nitrogen and oxygen atoms in total. The lowest BCUT2D eigenvalue weighted by Crippen LogP contribution is -2.39. The third-order valence-corrected chi connectivity index (χ3v) is 5.03. The summed E-state index contributed by atoms with van der Waals surface area (Å²) < 4.78 is 10.9. The molecule has 0 bridgehead atoms. The van der Waals surface area contributed by atoms with Crippen molar-refractivity contribution in [2.75, 3.05) is 19.8 Å². The summed E-state index contributed by atoms with van der Waals surface area (Å²) in [5.41, 5.74) is 3.78. The standard InChI is InChI=1S/C24H28N4O5/c1-17(19-6-3-2-4-7-19)27-23(30)24(31)28-26-14-18-9-11-20(12-10-18)33-16-22(29)25-15-21-8-5-13-32-21/h2-4,6-7,9-12,14,17,21H,5,8,13,15-16H2,1H3,(H,25,29)(H,27,30)(H,28,31)/b26-14-/t17-,21+/m1/s1. The number of nitrogens with zero attached hydrogens (tertiary/aromatic N) is 1. The van der Waals surface area contributed by atoms with Crippen LogP contribution in [-0.2, 0) is 19.1 Å². The first kappa shape index (κ1) is 23.9. The number of ether oxygens (including phenoxy) is 2. The molecule has 3 rings (SSSR count). The van der Waals surface area contributed by atoms with E-state index in [0.717, 1.165) is 25.0 Å². The fourth-order valence-electron chi connectivity index (χ4n) is 3.19. The van der Waals surface area contributed by atoms with Crippen LogP contribution in [0.25, 0.3) is 0 Å². The summed E-state index contributed by atoms with van der Waals surface area (Å²) in [6.07, 6.45) is 3.48. The zero-order valence-corrected chi connectivity index (χ0v) is 18.5. The quantitative estimate of drug-likeness (QED) is 0.304. The van der Waals surface area contributed by atoms with E-state index in [0.29, 0.717) is 17.9 Å². The molecule has 1 aliphatic heterocycles. The summed E-state index contributed by atoms with van der Waals surface area (Å²) in [6, 6.07) is 15.8. The number of nitrogens with one attached hydrogen (secondary N) is 3. The summed E-state index contributed by atoms with van der Waals surface area (Å²) in [5, 5.41) is 9.22. The number of hydrogen-bond donors (Lipinski definition) is 3. The smallest absolute Gasteiger partial charge is 0.329 e. The van der Waals surface area contributed by atoms with Crippen LogP contribution in [0.2, 0.25) is 0 Å². The molecule has 1 aliphatic rings. The van der Waals surface area contributed by atoms with Crippen LogP contribution in [0.3, 0.4) is 0 Å². The Morgan fingerprint density at radius 2 is 1.88 bits per heavy atom. The van der Waals surface area contributed by atoms with Gasteiger partial charge in [-0.25, -0.2) is 5.43 Å². The maximum atomic E-state index is 12.0. The van der Waals surface area contributed by atoms with E-state index in [-0.39, 0.29) is 24.7 Å². The third kappa shape index (κ3) is 8.04. The summed E-state index contributed by atoms with van der Waals surface area (Å²) in [4.78, 5) is 35.8. The van der Waals surface area contributed by atoms with Crippen molar-refractivity contribution in [1.82, 2.24) is 16.1 Å². The minimum atomic E-state index is -0.858. The molecule has 33 heavy (non-hydrogen) atoms. The Hall–Kier alpha value is -3.72. The Labute approximate surface area is 192 Å². The van der Waals surface area contributed by atoms with E-state index in [1.807, 2.05) is 30.3 Å². The topological polar surface area (TPSA) is 118 Å². The van der Waals surface area contributed by atoms with E-state index in [1.54, 1.807) is 31.2 Å². The Balaban J connectivity index is 1.37. The van der Waals surface area contributed by atoms with Gasteiger partial charge in [-0.3, -0.25) is 14.4 Å². The van der Waals surface area contributed by atoms with Crippen molar-refractivity contribution < 1.29 is 23.9 Å². The minimum Gasteiger partial charge on any atom is -0.484 e. The molecule has 0 saturated carbocycles. The molecule has 9 heteroatoms. The molecule has 2 aromatic carbocycles. The molecule has 0 spiro atoms. The average molecular weight is 453 g/mol. The van der Waals surface area contributed by atoms with E-state index in [4.69, 9.17) is 9.47 Å². The molecule has 0 unspecified atom stereocenters. The van der Waals surface area contributed by atoms with Gasteiger partial charge in [-0.2, -0.15) is 5.10 Å². The molecule has 0 aliphatic carbocycles. The second kappa shape index (κ2) is 12.4. The number of benzene rings is 2. The van der Waals surface area contributed by atoms with Gasteiger partial charge in [0.15, 0.2) is 6.61 Å². The van der Waals surface area contributed by atoms with Crippen LogP contribution < -0.4 is 20.8 Å². The highest BCUT2D eigenvalue weighted by atomic mass is 16.5. The van der Waals surface area contributed by atoms with E-state index in [2.05, 4.69) is 21.2 Å². The van der Waals surface area contributed by atoms with Crippen molar-refractivity contribution in [2.45, 2.75) is 31.9 Å². The first-order valence-corrected chi connectivity index (χ1v) is 10.8. The van der Waals surface area contributed by atoms with Gasteiger partial charge in [0, 0.05) is 13.2 Å². The van der Waals surface area contributed by atoms with E-state index in [1.165, 1.54) is 6.21 Å². The summed E-state index contributed by atoms with van der Waals surface area (Å²) >= 11 is 0. The van der Waals surface area contributed by atoms with E-state index >= 15 is 0 Å². The highest BCUT2D eigenvalue weighted by molar-refractivity contribution is 6.35. The maximum absolute atomic E-state index is 12.0. The highest BCUT2D eigenvalue weighted by Crippen LogP contribution is 2.12. The third-order valence-electron chi connectivity index (χ3n) is 5.03. The molecule has 174 valence electrons. The van der Waals surface area contributed by atoms with Gasteiger partial charge in [0.25, 0.3) is 5.91 Å². The number of hydrazone groups is 1. The fraction of sp³-hybridized carbons (Fsp3) is 0.333. The highest BCUT2D eigenvalue weighted by Gasteiger charge is 2.17. The normalized spacial score (nSPS) is 16.2. The second-order valence-corrected chi connectivity index (χ2v) is 7.60. The van der Waals surface area contributed by atoms with E-state index < -0.39 is 11.8 Å². The molecule has 1 fully saturated rings. The minimum absolute atomic E-state index is 0.0892. The van der Waals surface area contributed by atoms with Crippen LogP contribution in [0, 0.1) is 0 Å². The van der Waals surface area contributed by atoms with Gasteiger partial charge < -0.3 is 20.1 Å². The van der Waals surface area contributed by atoms with Crippen LogP contribution in [0.4, 0.5) is 0 Å². The fourth-order valence-corrected chi connectivity index (χ4v) is 3.19. The predicted octanol–water partition coefficient (Wildman–Crippen LogP) is 1.69. The zero-order valence-electron chi connectivity index (χ0n) is 18.5. The number of rotatable bonds is 9. The van der Waals surface area contributed by atoms with Gasteiger partial charge >= 0.3 is 11.8 Å². The number of carbonyl (C=O) groups excluding carboxylic acids is 3. The summed E-state index contributed by atoms with van der Waals surface area (Å²) in [5.74, 6) is -1.32. The first-order chi connectivity index (χ1) is 16.0. The second-order valence-electron chi connectivity index (χ2n) is 7.60. The molecule has 3 amide bonds. The number of carbonyl (C=O) groups is 3. The molecule has 0 radical (unpaired) electrons. The Morgan fingerprint density at radius 1 is 1.12 bits per heavy atom. The van der Waals surface area contributed by atoms with Gasteiger partial charge in [0.05, 0.1) is 18.4 Å². The van der Waals surface area contributed by atoms with Gasteiger partial charge in [-0.1, -0.05) is 30.3 Å². The van der Waals surface area contributed by atoms with Crippen LogP contribution in [0.15, 0.2) is 59.7 Å². The van der Waals surface area contributed by atoms with E-state index in [9.17, 15) is 14.4 Å². The molecule has 2 atom stereocenters. The van der Waals surface area contributed by atoms with Gasteiger partial charge in [-0.15, -0.1) is 0 Å². The first-order valence-electron chi connectivity index (χ1n) is 10.8. The average Bonchev–Trinajstić information content (AvgIpc) is 3.36. The van der Waals surface area contributed by atoms with Crippen molar-refractivity contribution in [2.24, 2.45) is 5.10 Å². The lowest BCUT2D eigenvalue weighted by Gasteiger charge is -2.13. The summed E-state index contributed by atoms with van der Waals surface area (Å²) in [6.45, 7) is 2.94. The Bertz CT molecular complexity index is 957. The van der Waals surface area contributed by atoms with Crippen LogP contribution in [0.1, 0.15) is 36.9 Å². The Kier molecular flexibility index (Phi) is 8.96. The van der Waals surface area contributed by atoms with Gasteiger partial charge in [0.2, 0.25) is 0 Å². The molecular weight excluding hydrogens is 424 g/mol. The molecule has 1 saturated heterocycles.